The van der Waals surface area contributed by atoms with Gasteiger partial charge in [0.2, 0.25) is 0 Å². The number of fused-ring (bicyclic) bond motifs is 1. The first-order valence-electron chi connectivity index (χ1n) is 7.40. The van der Waals surface area contributed by atoms with Crippen LogP contribution in [-0.4, -0.2) is 29.2 Å². The second-order valence-electron chi connectivity index (χ2n) is 5.88. The van der Waals surface area contributed by atoms with E-state index in [0.29, 0.717) is 5.92 Å². The molecule has 2 N–H and O–H groups in total. The van der Waals surface area contributed by atoms with E-state index in [9.17, 15) is 0 Å². The molecule has 0 fully saturated rings. The average Bonchev–Trinajstić information content (AvgIpc) is 2.75. The van der Waals surface area contributed by atoms with E-state index in [2.05, 4.69) is 29.1 Å². The highest BCUT2D eigenvalue weighted by Crippen LogP contribution is 2.20. The SMILES string of the molecule is CC(C)CNCCc1nc2ccc(OC(C)C)cc2[nH]1. The first-order chi connectivity index (χ1) is 9.54. The van der Waals surface area contributed by atoms with Gasteiger partial charge >= 0.3 is 0 Å². The fourth-order valence-electron chi connectivity index (χ4n) is 2.10. The highest BCUT2D eigenvalue weighted by Gasteiger charge is 2.05. The van der Waals surface area contributed by atoms with E-state index in [4.69, 9.17) is 4.74 Å². The Morgan fingerprint density at radius 1 is 1.25 bits per heavy atom. The molecular formula is C16H25N3O. The van der Waals surface area contributed by atoms with Gasteiger partial charge in [0.05, 0.1) is 17.1 Å². The second-order valence-corrected chi connectivity index (χ2v) is 5.88. The van der Waals surface area contributed by atoms with Crippen LogP contribution < -0.4 is 10.1 Å². The van der Waals surface area contributed by atoms with Crippen LogP contribution in [0.15, 0.2) is 18.2 Å². The van der Waals surface area contributed by atoms with Gasteiger partial charge in [0.15, 0.2) is 0 Å². The van der Waals surface area contributed by atoms with E-state index in [1.807, 2.05) is 32.0 Å². The van der Waals surface area contributed by atoms with Gasteiger partial charge in [-0.2, -0.15) is 0 Å². The Hall–Kier alpha value is -1.55. The quantitative estimate of drug-likeness (QED) is 0.763. The normalized spacial score (nSPS) is 11.7. The Balaban J connectivity index is 1.98. The number of hydrogen-bond acceptors (Lipinski definition) is 3. The van der Waals surface area contributed by atoms with Crippen molar-refractivity contribution in [3.63, 3.8) is 0 Å². The number of aromatic amines is 1. The average molecular weight is 275 g/mol. The van der Waals surface area contributed by atoms with Crippen LogP contribution >= 0.6 is 0 Å². The smallest absolute Gasteiger partial charge is 0.121 e. The lowest BCUT2D eigenvalue weighted by Gasteiger charge is -2.08. The van der Waals surface area contributed by atoms with Crippen LogP contribution in [-0.2, 0) is 6.42 Å². The number of imidazole rings is 1. The van der Waals surface area contributed by atoms with Crippen molar-refractivity contribution in [1.82, 2.24) is 15.3 Å². The lowest BCUT2D eigenvalue weighted by molar-refractivity contribution is 0.242. The summed E-state index contributed by atoms with van der Waals surface area (Å²) in [6.07, 6.45) is 1.11. The van der Waals surface area contributed by atoms with Gasteiger partial charge in [-0.15, -0.1) is 0 Å². The maximum absolute atomic E-state index is 5.70. The molecule has 0 radical (unpaired) electrons. The van der Waals surface area contributed by atoms with Gasteiger partial charge in [-0.25, -0.2) is 4.98 Å². The monoisotopic (exact) mass is 275 g/mol. The Bertz CT molecular complexity index is 546. The van der Waals surface area contributed by atoms with Crippen molar-refractivity contribution in [3.8, 4) is 5.75 Å². The number of hydrogen-bond donors (Lipinski definition) is 2. The number of H-pyrrole nitrogens is 1. The van der Waals surface area contributed by atoms with E-state index in [1.165, 1.54) is 0 Å². The number of nitrogens with zero attached hydrogens (tertiary/aromatic N) is 1. The zero-order valence-corrected chi connectivity index (χ0v) is 12.9. The minimum atomic E-state index is 0.190. The molecule has 0 unspecified atom stereocenters. The van der Waals surface area contributed by atoms with Gasteiger partial charge < -0.3 is 15.0 Å². The van der Waals surface area contributed by atoms with Gasteiger partial charge in [-0.3, -0.25) is 0 Å². The van der Waals surface area contributed by atoms with Crippen LogP contribution in [0, 0.1) is 5.92 Å². The van der Waals surface area contributed by atoms with Crippen molar-refractivity contribution in [3.05, 3.63) is 24.0 Å². The number of benzene rings is 1. The Morgan fingerprint density at radius 3 is 2.75 bits per heavy atom. The molecule has 110 valence electrons. The molecular weight excluding hydrogens is 250 g/mol. The van der Waals surface area contributed by atoms with Crippen molar-refractivity contribution in [2.24, 2.45) is 5.92 Å². The number of nitrogens with one attached hydrogen (secondary N) is 2. The van der Waals surface area contributed by atoms with Gasteiger partial charge in [0.1, 0.15) is 11.6 Å². The third-order valence-corrected chi connectivity index (χ3v) is 2.97. The molecule has 0 aliphatic heterocycles. The van der Waals surface area contributed by atoms with Crippen LogP contribution in [0.25, 0.3) is 11.0 Å². The number of aromatic nitrogens is 2. The molecule has 2 rings (SSSR count). The third-order valence-electron chi connectivity index (χ3n) is 2.97. The van der Waals surface area contributed by atoms with Crippen molar-refractivity contribution in [2.45, 2.75) is 40.2 Å². The van der Waals surface area contributed by atoms with Crippen molar-refractivity contribution in [1.29, 1.82) is 0 Å². The maximum Gasteiger partial charge on any atom is 0.121 e. The van der Waals surface area contributed by atoms with Crippen LogP contribution in [0.5, 0.6) is 5.75 Å². The first kappa shape index (κ1) is 14.9. The van der Waals surface area contributed by atoms with E-state index in [1.54, 1.807) is 0 Å². The molecule has 0 amide bonds. The Kier molecular flexibility index (Phi) is 5.01. The molecule has 1 aromatic carbocycles. The fraction of sp³-hybridized carbons (Fsp3) is 0.562. The molecule has 4 heteroatoms. The summed E-state index contributed by atoms with van der Waals surface area (Å²) in [5.74, 6) is 2.60. The van der Waals surface area contributed by atoms with Gasteiger partial charge in [-0.05, 0) is 38.4 Å². The first-order valence-corrected chi connectivity index (χ1v) is 7.40. The molecule has 1 aromatic heterocycles. The summed E-state index contributed by atoms with van der Waals surface area (Å²) < 4.78 is 5.70. The molecule has 0 atom stereocenters. The topological polar surface area (TPSA) is 49.9 Å². The molecule has 0 spiro atoms. The largest absolute Gasteiger partial charge is 0.491 e. The summed E-state index contributed by atoms with van der Waals surface area (Å²) in [4.78, 5) is 7.96. The summed E-state index contributed by atoms with van der Waals surface area (Å²) in [7, 11) is 0. The minimum absolute atomic E-state index is 0.190. The van der Waals surface area contributed by atoms with Gasteiger partial charge in [0.25, 0.3) is 0 Å². The van der Waals surface area contributed by atoms with E-state index in [-0.39, 0.29) is 6.10 Å². The zero-order chi connectivity index (χ0) is 14.5. The molecule has 0 aliphatic carbocycles. The lowest BCUT2D eigenvalue weighted by atomic mass is 10.2. The summed E-state index contributed by atoms with van der Waals surface area (Å²) in [5.41, 5.74) is 2.04. The molecule has 4 nitrogen and oxygen atoms in total. The van der Waals surface area contributed by atoms with E-state index in [0.717, 1.165) is 42.1 Å². The van der Waals surface area contributed by atoms with Crippen LogP contribution in [0.3, 0.4) is 0 Å². The predicted molar refractivity (Wildman–Crippen MR) is 83.3 cm³/mol. The zero-order valence-electron chi connectivity index (χ0n) is 12.9. The number of ether oxygens (including phenoxy) is 1. The molecule has 0 saturated heterocycles. The number of rotatable bonds is 7. The van der Waals surface area contributed by atoms with Crippen molar-refractivity contribution >= 4 is 11.0 Å². The molecule has 1 heterocycles. The highest BCUT2D eigenvalue weighted by atomic mass is 16.5. The van der Waals surface area contributed by atoms with Crippen LogP contribution in [0.1, 0.15) is 33.5 Å². The minimum Gasteiger partial charge on any atom is -0.491 e. The third kappa shape index (κ3) is 4.23. The summed E-state index contributed by atoms with van der Waals surface area (Å²) in [6.45, 7) is 10.5. The maximum atomic E-state index is 5.70. The van der Waals surface area contributed by atoms with E-state index >= 15 is 0 Å². The van der Waals surface area contributed by atoms with Crippen LogP contribution in [0.2, 0.25) is 0 Å². The summed E-state index contributed by atoms with van der Waals surface area (Å²) in [5, 5.41) is 3.43. The highest BCUT2D eigenvalue weighted by molar-refractivity contribution is 5.76. The van der Waals surface area contributed by atoms with Crippen LogP contribution in [0.4, 0.5) is 0 Å². The Labute approximate surface area is 120 Å². The molecule has 2 aromatic rings. The second kappa shape index (κ2) is 6.75. The summed E-state index contributed by atoms with van der Waals surface area (Å²) in [6, 6.07) is 6.01. The molecule has 0 aliphatic rings. The predicted octanol–water partition coefficient (Wildman–Crippen LogP) is 3.14. The summed E-state index contributed by atoms with van der Waals surface area (Å²) >= 11 is 0. The molecule has 20 heavy (non-hydrogen) atoms. The fourth-order valence-corrected chi connectivity index (χ4v) is 2.10. The van der Waals surface area contributed by atoms with Gasteiger partial charge in [-0.1, -0.05) is 13.8 Å². The lowest BCUT2D eigenvalue weighted by Crippen LogP contribution is -2.22. The molecule has 0 saturated carbocycles. The molecule has 0 bridgehead atoms. The standard InChI is InChI=1S/C16H25N3O/c1-11(2)10-17-8-7-16-18-14-6-5-13(20-12(3)4)9-15(14)19-16/h5-6,9,11-12,17H,7-8,10H2,1-4H3,(H,18,19). The van der Waals surface area contributed by atoms with Crippen molar-refractivity contribution in [2.75, 3.05) is 13.1 Å². The van der Waals surface area contributed by atoms with Gasteiger partial charge in [0, 0.05) is 19.0 Å². The van der Waals surface area contributed by atoms with Crippen molar-refractivity contribution < 1.29 is 4.74 Å². The Morgan fingerprint density at radius 2 is 2.05 bits per heavy atom. The van der Waals surface area contributed by atoms with E-state index < -0.39 is 0 Å².